The number of piperidine rings is 1. The molecular formula is C15H21ClN2O. The molecule has 1 saturated heterocycles. The Bertz CT molecular complexity index is 465. The standard InChI is InChI=1S/C15H21ClN2O/c1-9-5-4-6-12(13(9)16)15(19)18-14-10(2)7-8-17-11(14)3/h4-6,10-11,14,17H,7-8H2,1-3H3,(H,18,19). The lowest BCUT2D eigenvalue weighted by Gasteiger charge is -2.36. The van der Waals surface area contributed by atoms with Crippen molar-refractivity contribution in [3.05, 3.63) is 34.3 Å². The van der Waals surface area contributed by atoms with Crippen LogP contribution in [-0.4, -0.2) is 24.5 Å². The number of benzene rings is 1. The molecule has 1 aliphatic heterocycles. The molecule has 3 unspecified atom stereocenters. The van der Waals surface area contributed by atoms with Crippen molar-refractivity contribution in [2.24, 2.45) is 5.92 Å². The molecule has 0 aliphatic carbocycles. The minimum absolute atomic E-state index is 0.0823. The predicted octanol–water partition coefficient (Wildman–Crippen LogP) is 2.76. The van der Waals surface area contributed by atoms with E-state index < -0.39 is 0 Å². The predicted molar refractivity (Wildman–Crippen MR) is 78.7 cm³/mol. The molecule has 4 heteroatoms. The van der Waals surface area contributed by atoms with Gasteiger partial charge in [-0.1, -0.05) is 30.7 Å². The molecule has 1 fully saturated rings. The van der Waals surface area contributed by atoms with E-state index in [1.807, 2.05) is 19.1 Å². The smallest absolute Gasteiger partial charge is 0.253 e. The normalized spacial score (nSPS) is 27.1. The zero-order valence-electron chi connectivity index (χ0n) is 11.7. The molecule has 104 valence electrons. The van der Waals surface area contributed by atoms with Gasteiger partial charge in [-0.25, -0.2) is 0 Å². The second kappa shape index (κ2) is 5.93. The highest BCUT2D eigenvalue weighted by Crippen LogP contribution is 2.22. The number of amides is 1. The van der Waals surface area contributed by atoms with E-state index in [1.165, 1.54) is 0 Å². The highest BCUT2D eigenvalue weighted by molar-refractivity contribution is 6.34. The summed E-state index contributed by atoms with van der Waals surface area (Å²) in [5.74, 6) is 0.393. The molecule has 1 aromatic rings. The third-order valence-corrected chi connectivity index (χ3v) is 4.45. The van der Waals surface area contributed by atoms with Gasteiger partial charge in [-0.05, 0) is 44.4 Å². The van der Waals surface area contributed by atoms with Crippen LogP contribution in [0.4, 0.5) is 0 Å². The summed E-state index contributed by atoms with van der Waals surface area (Å²) in [5.41, 5.74) is 1.49. The topological polar surface area (TPSA) is 41.1 Å². The van der Waals surface area contributed by atoms with Crippen molar-refractivity contribution in [2.75, 3.05) is 6.54 Å². The molecule has 0 radical (unpaired) electrons. The van der Waals surface area contributed by atoms with Gasteiger partial charge in [0, 0.05) is 12.1 Å². The second-order valence-electron chi connectivity index (χ2n) is 5.44. The first-order valence-electron chi connectivity index (χ1n) is 6.80. The fourth-order valence-electron chi connectivity index (χ4n) is 2.66. The summed E-state index contributed by atoms with van der Waals surface area (Å²) in [7, 11) is 0. The largest absolute Gasteiger partial charge is 0.347 e. The highest BCUT2D eigenvalue weighted by atomic mass is 35.5. The lowest BCUT2D eigenvalue weighted by Crippen LogP contribution is -2.55. The molecule has 0 bridgehead atoms. The zero-order chi connectivity index (χ0) is 14.0. The Morgan fingerprint density at radius 2 is 2.16 bits per heavy atom. The van der Waals surface area contributed by atoms with Gasteiger partial charge in [0.1, 0.15) is 0 Å². The quantitative estimate of drug-likeness (QED) is 0.875. The Balaban J connectivity index is 2.14. The number of carbonyl (C=O) groups is 1. The van der Waals surface area contributed by atoms with E-state index in [0.29, 0.717) is 16.5 Å². The third kappa shape index (κ3) is 3.10. The van der Waals surface area contributed by atoms with Gasteiger partial charge in [0.2, 0.25) is 0 Å². The van der Waals surface area contributed by atoms with Crippen LogP contribution in [0, 0.1) is 12.8 Å². The summed E-state index contributed by atoms with van der Waals surface area (Å²) >= 11 is 6.20. The number of rotatable bonds is 2. The monoisotopic (exact) mass is 280 g/mol. The summed E-state index contributed by atoms with van der Waals surface area (Å²) in [5, 5.41) is 7.06. The van der Waals surface area contributed by atoms with E-state index in [9.17, 15) is 4.79 Å². The number of carbonyl (C=O) groups excluding carboxylic acids is 1. The lowest BCUT2D eigenvalue weighted by atomic mass is 9.89. The zero-order valence-corrected chi connectivity index (χ0v) is 12.4. The average Bonchev–Trinajstić information content (AvgIpc) is 2.37. The molecule has 1 aromatic carbocycles. The number of hydrogen-bond donors (Lipinski definition) is 2. The van der Waals surface area contributed by atoms with Crippen molar-refractivity contribution in [3.8, 4) is 0 Å². The molecule has 0 saturated carbocycles. The third-order valence-electron chi connectivity index (χ3n) is 3.95. The van der Waals surface area contributed by atoms with Crippen LogP contribution in [0.1, 0.15) is 36.2 Å². The van der Waals surface area contributed by atoms with E-state index in [2.05, 4.69) is 24.5 Å². The van der Waals surface area contributed by atoms with Crippen LogP contribution in [0.25, 0.3) is 0 Å². The molecular weight excluding hydrogens is 260 g/mol. The lowest BCUT2D eigenvalue weighted by molar-refractivity contribution is 0.0897. The van der Waals surface area contributed by atoms with Gasteiger partial charge >= 0.3 is 0 Å². The van der Waals surface area contributed by atoms with E-state index in [0.717, 1.165) is 18.5 Å². The fraction of sp³-hybridized carbons (Fsp3) is 0.533. The van der Waals surface area contributed by atoms with Gasteiger partial charge < -0.3 is 10.6 Å². The Morgan fingerprint density at radius 1 is 1.42 bits per heavy atom. The Hall–Kier alpha value is -1.06. The molecule has 1 aliphatic rings. The number of aryl methyl sites for hydroxylation is 1. The van der Waals surface area contributed by atoms with Crippen molar-refractivity contribution in [1.29, 1.82) is 0 Å². The van der Waals surface area contributed by atoms with Gasteiger partial charge in [-0.3, -0.25) is 4.79 Å². The van der Waals surface area contributed by atoms with Crippen LogP contribution in [-0.2, 0) is 0 Å². The van der Waals surface area contributed by atoms with Crippen molar-refractivity contribution in [3.63, 3.8) is 0 Å². The molecule has 0 aromatic heterocycles. The number of hydrogen-bond acceptors (Lipinski definition) is 2. The van der Waals surface area contributed by atoms with Crippen molar-refractivity contribution >= 4 is 17.5 Å². The fourth-order valence-corrected chi connectivity index (χ4v) is 2.87. The Labute approximate surface area is 119 Å². The summed E-state index contributed by atoms with van der Waals surface area (Å²) in [6.45, 7) is 7.21. The van der Waals surface area contributed by atoms with E-state index in [-0.39, 0.29) is 18.0 Å². The van der Waals surface area contributed by atoms with Crippen LogP contribution in [0.15, 0.2) is 18.2 Å². The summed E-state index contributed by atoms with van der Waals surface area (Å²) < 4.78 is 0. The maximum Gasteiger partial charge on any atom is 0.253 e. The summed E-state index contributed by atoms with van der Waals surface area (Å²) in [6.07, 6.45) is 1.08. The first kappa shape index (κ1) is 14.4. The molecule has 2 N–H and O–H groups in total. The van der Waals surface area contributed by atoms with Crippen LogP contribution in [0.3, 0.4) is 0 Å². The van der Waals surface area contributed by atoms with Crippen molar-refractivity contribution in [1.82, 2.24) is 10.6 Å². The van der Waals surface area contributed by atoms with Crippen molar-refractivity contribution in [2.45, 2.75) is 39.3 Å². The first-order chi connectivity index (χ1) is 9.00. The minimum atomic E-state index is -0.0823. The molecule has 19 heavy (non-hydrogen) atoms. The van der Waals surface area contributed by atoms with E-state index >= 15 is 0 Å². The van der Waals surface area contributed by atoms with Crippen molar-refractivity contribution < 1.29 is 4.79 Å². The van der Waals surface area contributed by atoms with Gasteiger partial charge in [0.25, 0.3) is 5.91 Å². The SMILES string of the molecule is Cc1cccc(C(=O)NC2C(C)CCNC2C)c1Cl. The van der Waals surface area contributed by atoms with Gasteiger partial charge in [0.05, 0.1) is 10.6 Å². The number of nitrogens with one attached hydrogen (secondary N) is 2. The summed E-state index contributed by atoms with van der Waals surface area (Å²) in [6, 6.07) is 5.99. The molecule has 3 atom stereocenters. The van der Waals surface area contributed by atoms with Gasteiger partial charge in [0.15, 0.2) is 0 Å². The Kier molecular flexibility index (Phi) is 4.48. The first-order valence-corrected chi connectivity index (χ1v) is 7.18. The van der Waals surface area contributed by atoms with E-state index in [1.54, 1.807) is 6.07 Å². The maximum atomic E-state index is 12.4. The molecule has 0 spiro atoms. The molecule has 3 nitrogen and oxygen atoms in total. The van der Waals surface area contributed by atoms with Crippen LogP contribution in [0.5, 0.6) is 0 Å². The molecule has 1 heterocycles. The highest BCUT2D eigenvalue weighted by Gasteiger charge is 2.29. The minimum Gasteiger partial charge on any atom is -0.347 e. The van der Waals surface area contributed by atoms with Crippen LogP contribution >= 0.6 is 11.6 Å². The Morgan fingerprint density at radius 3 is 2.84 bits per heavy atom. The summed E-state index contributed by atoms with van der Waals surface area (Å²) in [4.78, 5) is 12.4. The van der Waals surface area contributed by atoms with Gasteiger partial charge in [-0.15, -0.1) is 0 Å². The number of halogens is 1. The second-order valence-corrected chi connectivity index (χ2v) is 5.82. The van der Waals surface area contributed by atoms with Crippen LogP contribution < -0.4 is 10.6 Å². The molecule has 2 rings (SSSR count). The maximum absolute atomic E-state index is 12.4. The van der Waals surface area contributed by atoms with Gasteiger partial charge in [-0.2, -0.15) is 0 Å². The average molecular weight is 281 g/mol. The van der Waals surface area contributed by atoms with Crippen LogP contribution in [0.2, 0.25) is 5.02 Å². The van der Waals surface area contributed by atoms with E-state index in [4.69, 9.17) is 11.6 Å². The molecule has 1 amide bonds.